The molecule has 2 amide bonds. The summed E-state index contributed by atoms with van der Waals surface area (Å²) in [6, 6.07) is -0.705. The molecule has 1 fully saturated rings. The van der Waals surface area contributed by atoms with Gasteiger partial charge in [0.25, 0.3) is 0 Å². The molecule has 2 rings (SSSR count). The number of halogens is 1. The Morgan fingerprint density at radius 3 is 2.95 bits per heavy atom. The summed E-state index contributed by atoms with van der Waals surface area (Å²) in [6.45, 7) is -0.621. The van der Waals surface area contributed by atoms with Gasteiger partial charge in [0.05, 0.1) is 12.8 Å². The molecule has 0 saturated carbocycles. The summed E-state index contributed by atoms with van der Waals surface area (Å²) >= 11 is 0. The number of terminal acetylenes is 1. The SMILES string of the molecule is C#CC1(F)C(O)[C@@H](CO)OC1N1C=CC(N)NC1=O. The fraction of sp³-hybridized carbons (Fsp3) is 0.545. The van der Waals surface area contributed by atoms with Crippen molar-refractivity contribution in [2.75, 3.05) is 6.61 Å². The van der Waals surface area contributed by atoms with Crippen molar-refractivity contribution in [3.05, 3.63) is 12.3 Å². The van der Waals surface area contributed by atoms with Crippen molar-refractivity contribution < 1.29 is 24.1 Å². The first-order chi connectivity index (χ1) is 8.93. The van der Waals surface area contributed by atoms with E-state index in [0.717, 1.165) is 4.90 Å². The summed E-state index contributed by atoms with van der Waals surface area (Å²) in [4.78, 5) is 12.6. The van der Waals surface area contributed by atoms with Crippen molar-refractivity contribution in [3.8, 4) is 12.3 Å². The third-order valence-corrected chi connectivity index (χ3v) is 3.08. The summed E-state index contributed by atoms with van der Waals surface area (Å²) in [7, 11) is 0. The molecule has 19 heavy (non-hydrogen) atoms. The number of hydrogen-bond acceptors (Lipinski definition) is 5. The number of alkyl halides is 1. The molecule has 0 bridgehead atoms. The molecule has 0 aromatic heterocycles. The molecule has 2 heterocycles. The predicted octanol–water partition coefficient (Wildman–Crippen LogP) is -1.77. The van der Waals surface area contributed by atoms with Gasteiger partial charge in [0.15, 0.2) is 6.23 Å². The number of aliphatic hydroxyl groups excluding tert-OH is 2. The molecule has 104 valence electrons. The summed E-state index contributed by atoms with van der Waals surface area (Å²) in [5.41, 5.74) is 2.84. The van der Waals surface area contributed by atoms with Crippen LogP contribution in [0, 0.1) is 12.3 Å². The van der Waals surface area contributed by atoms with E-state index in [1.165, 1.54) is 12.3 Å². The van der Waals surface area contributed by atoms with Crippen molar-refractivity contribution in [1.29, 1.82) is 0 Å². The Morgan fingerprint density at radius 1 is 1.74 bits per heavy atom. The van der Waals surface area contributed by atoms with Crippen LogP contribution in [-0.2, 0) is 4.74 Å². The first-order valence-corrected chi connectivity index (χ1v) is 5.58. The van der Waals surface area contributed by atoms with Gasteiger partial charge in [-0.15, -0.1) is 6.42 Å². The summed E-state index contributed by atoms with van der Waals surface area (Å²) < 4.78 is 19.7. The predicted molar refractivity (Wildman–Crippen MR) is 61.9 cm³/mol. The Morgan fingerprint density at radius 2 is 2.42 bits per heavy atom. The number of nitrogens with one attached hydrogen (secondary N) is 1. The van der Waals surface area contributed by atoms with Crippen molar-refractivity contribution in [1.82, 2.24) is 10.2 Å². The molecule has 1 saturated heterocycles. The van der Waals surface area contributed by atoms with Gasteiger partial charge in [-0.2, -0.15) is 0 Å². The molecular weight excluding hydrogens is 257 g/mol. The van der Waals surface area contributed by atoms with Gasteiger partial charge in [-0.1, -0.05) is 5.92 Å². The van der Waals surface area contributed by atoms with E-state index in [1.807, 2.05) is 0 Å². The van der Waals surface area contributed by atoms with E-state index in [2.05, 4.69) is 5.32 Å². The largest absolute Gasteiger partial charge is 0.394 e. The quantitative estimate of drug-likeness (QED) is 0.445. The Hall–Kier alpha value is -1.66. The highest BCUT2D eigenvalue weighted by Gasteiger charge is 2.59. The van der Waals surface area contributed by atoms with Crippen LogP contribution in [0.15, 0.2) is 12.3 Å². The number of urea groups is 1. The van der Waals surface area contributed by atoms with Crippen molar-refractivity contribution in [2.45, 2.75) is 30.3 Å². The maximum Gasteiger partial charge on any atom is 0.325 e. The number of amides is 2. The van der Waals surface area contributed by atoms with Gasteiger partial charge in [-0.05, 0) is 6.08 Å². The van der Waals surface area contributed by atoms with Crippen LogP contribution in [0.2, 0.25) is 0 Å². The molecular formula is C11H14FN3O4. The maximum absolute atomic E-state index is 14.6. The van der Waals surface area contributed by atoms with Crippen LogP contribution in [0.5, 0.6) is 0 Å². The van der Waals surface area contributed by atoms with E-state index in [9.17, 15) is 14.3 Å². The molecule has 0 spiro atoms. The maximum atomic E-state index is 14.6. The van der Waals surface area contributed by atoms with E-state index >= 15 is 0 Å². The third-order valence-electron chi connectivity index (χ3n) is 3.08. The average Bonchev–Trinajstić information content (AvgIpc) is 2.63. The summed E-state index contributed by atoms with van der Waals surface area (Å²) in [5.74, 6) is 1.79. The Bertz CT molecular complexity index is 452. The molecule has 8 heteroatoms. The van der Waals surface area contributed by atoms with E-state index in [0.29, 0.717) is 0 Å². The lowest BCUT2D eigenvalue weighted by atomic mass is 9.96. The lowest BCUT2D eigenvalue weighted by Crippen LogP contribution is -2.58. The number of nitrogens with two attached hydrogens (primary N) is 1. The Labute approximate surface area is 108 Å². The molecule has 0 aromatic rings. The zero-order valence-corrected chi connectivity index (χ0v) is 9.86. The van der Waals surface area contributed by atoms with Crippen LogP contribution in [-0.4, -0.2) is 58.0 Å². The molecule has 5 atom stereocenters. The number of aliphatic hydroxyl groups is 2. The zero-order chi connectivity index (χ0) is 14.2. The van der Waals surface area contributed by atoms with E-state index < -0.39 is 42.9 Å². The lowest BCUT2D eigenvalue weighted by molar-refractivity contribution is -0.0654. The number of ether oxygens (including phenoxy) is 1. The molecule has 0 radical (unpaired) electrons. The molecule has 7 nitrogen and oxygen atoms in total. The first-order valence-electron chi connectivity index (χ1n) is 5.58. The highest BCUT2D eigenvalue weighted by molar-refractivity contribution is 5.77. The van der Waals surface area contributed by atoms with Gasteiger partial charge in [-0.25, -0.2) is 9.18 Å². The van der Waals surface area contributed by atoms with Gasteiger partial charge in [0, 0.05) is 6.20 Å². The second-order valence-corrected chi connectivity index (χ2v) is 4.29. The Balaban J connectivity index is 2.31. The van der Waals surface area contributed by atoms with Gasteiger partial charge in [0.2, 0.25) is 5.67 Å². The molecule has 0 aliphatic carbocycles. The summed E-state index contributed by atoms with van der Waals surface area (Å²) in [5, 5.41) is 21.1. The number of nitrogens with zero attached hydrogens (tertiary/aromatic N) is 1. The van der Waals surface area contributed by atoms with Gasteiger partial charge in [-0.3, -0.25) is 4.90 Å². The molecule has 2 aliphatic heterocycles. The highest BCUT2D eigenvalue weighted by Crippen LogP contribution is 2.36. The van der Waals surface area contributed by atoms with Gasteiger partial charge >= 0.3 is 6.03 Å². The average molecular weight is 271 g/mol. The highest BCUT2D eigenvalue weighted by atomic mass is 19.1. The zero-order valence-electron chi connectivity index (χ0n) is 9.86. The fourth-order valence-corrected chi connectivity index (χ4v) is 2.03. The minimum atomic E-state index is -2.61. The molecule has 0 aromatic carbocycles. The second kappa shape index (κ2) is 4.79. The van der Waals surface area contributed by atoms with Crippen molar-refractivity contribution >= 4 is 6.03 Å². The molecule has 2 aliphatic rings. The van der Waals surface area contributed by atoms with Crippen LogP contribution >= 0.6 is 0 Å². The summed E-state index contributed by atoms with van der Waals surface area (Å²) in [6.07, 6.45) is 2.56. The number of hydrogen-bond donors (Lipinski definition) is 4. The lowest BCUT2D eigenvalue weighted by Gasteiger charge is -2.33. The van der Waals surface area contributed by atoms with Gasteiger partial charge < -0.3 is 26.0 Å². The number of carbonyl (C=O) groups excluding carboxylic acids is 1. The van der Waals surface area contributed by atoms with Crippen LogP contribution < -0.4 is 11.1 Å². The molecule has 4 unspecified atom stereocenters. The van der Waals surface area contributed by atoms with E-state index in [1.54, 1.807) is 5.92 Å². The second-order valence-electron chi connectivity index (χ2n) is 4.29. The normalized spacial score (nSPS) is 42.1. The number of carbonyl (C=O) groups is 1. The Kier molecular flexibility index (Phi) is 3.47. The molecule has 5 N–H and O–H groups in total. The van der Waals surface area contributed by atoms with Crippen LogP contribution in [0.4, 0.5) is 9.18 Å². The standard InChI is InChI=1S/C11H14FN3O4/c1-2-11(12)8(17)6(5-16)19-9(11)15-4-3-7(13)14-10(15)18/h1,3-4,6-9,16-17H,5,13H2,(H,14,18)/t6-,7?,8?,9?,11?/m1/s1. The van der Waals surface area contributed by atoms with Crippen LogP contribution in [0.25, 0.3) is 0 Å². The monoisotopic (exact) mass is 271 g/mol. The van der Waals surface area contributed by atoms with Gasteiger partial charge in [0.1, 0.15) is 12.2 Å². The van der Waals surface area contributed by atoms with Crippen LogP contribution in [0.3, 0.4) is 0 Å². The van der Waals surface area contributed by atoms with E-state index in [4.69, 9.17) is 22.0 Å². The fourth-order valence-electron chi connectivity index (χ4n) is 2.03. The number of rotatable bonds is 2. The van der Waals surface area contributed by atoms with E-state index in [-0.39, 0.29) is 0 Å². The minimum Gasteiger partial charge on any atom is -0.394 e. The van der Waals surface area contributed by atoms with Crippen molar-refractivity contribution in [2.24, 2.45) is 5.73 Å². The topological polar surface area (TPSA) is 108 Å². The third kappa shape index (κ3) is 2.06. The minimum absolute atomic E-state index is 0.621. The first kappa shape index (κ1) is 13.8. The smallest absolute Gasteiger partial charge is 0.325 e. The van der Waals surface area contributed by atoms with Crippen LogP contribution in [0.1, 0.15) is 0 Å². The van der Waals surface area contributed by atoms with Crippen molar-refractivity contribution in [3.63, 3.8) is 0 Å².